The van der Waals surface area contributed by atoms with Crippen LogP contribution in [0.25, 0.3) is 0 Å². The van der Waals surface area contributed by atoms with Gasteiger partial charge < -0.3 is 0 Å². The lowest BCUT2D eigenvalue weighted by Crippen LogP contribution is -2.26. The summed E-state index contributed by atoms with van der Waals surface area (Å²) in [7, 11) is 0. The third-order valence-corrected chi connectivity index (χ3v) is 8.46. The largest absolute Gasteiger partial charge is 0.0850 e. The molecule has 0 aliphatic heterocycles. The predicted octanol–water partition coefficient (Wildman–Crippen LogP) is 12.5. The fraction of sp³-hybridized carbons (Fsp3) is 0.450. The van der Waals surface area contributed by atoms with Crippen LogP contribution in [-0.4, -0.2) is 0 Å². The van der Waals surface area contributed by atoms with Crippen LogP contribution >= 0.6 is 0 Å². The minimum Gasteiger partial charge on any atom is -0.0850 e. The highest BCUT2D eigenvalue weighted by molar-refractivity contribution is 5.37. The molecule has 0 saturated carbocycles. The van der Waals surface area contributed by atoms with Gasteiger partial charge >= 0.3 is 0 Å². The molecule has 0 radical (unpaired) electrons. The zero-order valence-corrected chi connectivity index (χ0v) is 27.3. The van der Waals surface area contributed by atoms with Crippen LogP contribution in [0.5, 0.6) is 0 Å². The average molecular weight is 537 g/mol. The number of rotatable bonds is 10. The molecule has 1 unspecified atom stereocenters. The Balaban J connectivity index is 1.88. The van der Waals surface area contributed by atoms with Crippen molar-refractivity contribution in [3.8, 4) is 0 Å². The molecule has 0 aromatic heterocycles. The van der Waals surface area contributed by atoms with Crippen molar-refractivity contribution in [3.05, 3.63) is 130 Å². The Labute approximate surface area is 247 Å². The fourth-order valence-corrected chi connectivity index (χ4v) is 5.80. The minimum atomic E-state index is 0.291. The van der Waals surface area contributed by atoms with Crippen molar-refractivity contribution in [2.75, 3.05) is 0 Å². The molecular formula is C40H56. The molecule has 0 spiro atoms. The van der Waals surface area contributed by atoms with Crippen molar-refractivity contribution in [3.63, 3.8) is 0 Å². The molecule has 0 bridgehead atoms. The van der Waals surface area contributed by atoms with Crippen molar-refractivity contribution < 1.29 is 0 Å². The molecule has 0 fully saturated rings. The summed E-state index contributed by atoms with van der Waals surface area (Å²) in [5, 5.41) is 0. The summed E-state index contributed by atoms with van der Waals surface area (Å²) in [5.41, 5.74) is 10.2. The van der Waals surface area contributed by atoms with Crippen molar-refractivity contribution >= 4 is 0 Å². The van der Waals surface area contributed by atoms with Gasteiger partial charge in [0.1, 0.15) is 0 Å². The zero-order chi connectivity index (χ0) is 29.8. The first-order valence-corrected chi connectivity index (χ1v) is 15.3. The predicted molar refractivity (Wildman–Crippen MR) is 181 cm³/mol. The third kappa shape index (κ3) is 11.3. The van der Waals surface area contributed by atoms with E-state index in [0.717, 1.165) is 0 Å². The van der Waals surface area contributed by atoms with Gasteiger partial charge in [-0.2, -0.15) is 0 Å². The Kier molecular flexibility index (Phi) is 13.2. The Morgan fingerprint density at radius 1 is 0.700 bits per heavy atom. The van der Waals surface area contributed by atoms with E-state index in [1.165, 1.54) is 65.5 Å². The van der Waals surface area contributed by atoms with Crippen molar-refractivity contribution in [1.82, 2.24) is 0 Å². The Morgan fingerprint density at radius 2 is 1.23 bits per heavy atom. The van der Waals surface area contributed by atoms with Gasteiger partial charge in [0.2, 0.25) is 0 Å². The van der Waals surface area contributed by atoms with E-state index in [4.69, 9.17) is 0 Å². The number of allylic oxidation sites excluding steroid dienone is 22. The van der Waals surface area contributed by atoms with Crippen LogP contribution < -0.4 is 0 Å². The van der Waals surface area contributed by atoms with E-state index in [0.29, 0.717) is 16.7 Å². The highest BCUT2D eigenvalue weighted by Crippen LogP contribution is 2.42. The normalized spacial score (nSPS) is 23.6. The zero-order valence-electron chi connectivity index (χ0n) is 27.3. The molecule has 0 N–H and O–H groups in total. The van der Waals surface area contributed by atoms with Gasteiger partial charge in [0.15, 0.2) is 0 Å². The highest BCUT2D eigenvalue weighted by Gasteiger charge is 2.30. The van der Waals surface area contributed by atoms with Crippen LogP contribution in [0, 0.1) is 16.7 Å². The summed E-state index contributed by atoms with van der Waals surface area (Å²) in [5.74, 6) is 0.532. The van der Waals surface area contributed by atoms with Crippen LogP contribution in [0.15, 0.2) is 130 Å². The third-order valence-electron chi connectivity index (χ3n) is 8.46. The van der Waals surface area contributed by atoms with Gasteiger partial charge in [-0.1, -0.05) is 152 Å². The van der Waals surface area contributed by atoms with E-state index in [9.17, 15) is 0 Å². The molecular weight excluding hydrogens is 480 g/mol. The van der Waals surface area contributed by atoms with Crippen molar-refractivity contribution in [2.45, 2.75) is 101 Å². The van der Waals surface area contributed by atoms with Gasteiger partial charge in [-0.15, -0.1) is 0 Å². The SMILES string of the molecule is CC1=CCCC(C)(C)C1/C=C/C(C)=C/C=C/C(C)=C/C=C/C=C(C)/C=C/C=C(C)/C=C/C1=C(C)CCCC1(C)C. The monoisotopic (exact) mass is 536 g/mol. The number of hydrogen-bond acceptors (Lipinski definition) is 0. The number of hydrogen-bond donors (Lipinski definition) is 0. The van der Waals surface area contributed by atoms with E-state index < -0.39 is 0 Å². The van der Waals surface area contributed by atoms with Crippen LogP contribution in [0.1, 0.15) is 101 Å². The summed E-state index contributed by atoms with van der Waals surface area (Å²) in [6, 6.07) is 0. The molecule has 0 amide bonds. The molecule has 0 aromatic carbocycles. The second-order valence-corrected chi connectivity index (χ2v) is 13.3. The highest BCUT2D eigenvalue weighted by atomic mass is 14.3. The lowest BCUT2D eigenvalue weighted by molar-refractivity contribution is 0.255. The van der Waals surface area contributed by atoms with Crippen LogP contribution in [0.2, 0.25) is 0 Å². The minimum absolute atomic E-state index is 0.291. The maximum Gasteiger partial charge on any atom is 0.00285 e. The van der Waals surface area contributed by atoms with Crippen LogP contribution in [0.4, 0.5) is 0 Å². The van der Waals surface area contributed by atoms with Gasteiger partial charge in [0, 0.05) is 5.92 Å². The Hall–Kier alpha value is -2.86. The average Bonchev–Trinajstić information content (AvgIpc) is 2.85. The fourth-order valence-electron chi connectivity index (χ4n) is 5.80. The molecule has 2 aliphatic carbocycles. The van der Waals surface area contributed by atoms with E-state index in [-0.39, 0.29) is 0 Å². The molecule has 2 aliphatic rings. The maximum absolute atomic E-state index is 2.41. The smallest absolute Gasteiger partial charge is 0.00285 e. The molecule has 0 nitrogen and oxygen atoms in total. The first kappa shape index (κ1) is 33.3. The second-order valence-electron chi connectivity index (χ2n) is 13.3. The topological polar surface area (TPSA) is 0 Å². The summed E-state index contributed by atoms with van der Waals surface area (Å²) in [6.45, 7) is 22.7. The first-order valence-electron chi connectivity index (χ1n) is 15.3. The standard InChI is InChI=1S/C40H56/c1-31(19-13-21-33(3)25-27-37-35(5)23-15-29-39(37,7)8)17-11-12-18-32(2)20-14-22-34(4)26-28-38-36(6)24-16-30-40(38,9)10/h11-14,17-23,25-28,37H,15-16,24,29-30H2,1-10H3/b12-11+,19-13+,20-14+,27-25+,28-26+,31-17+,32-18+,33-21+,34-22+. The molecule has 0 saturated heterocycles. The summed E-state index contributed by atoms with van der Waals surface area (Å²) >= 11 is 0. The molecule has 1 atom stereocenters. The maximum atomic E-state index is 2.41. The summed E-state index contributed by atoms with van der Waals surface area (Å²) < 4.78 is 0. The van der Waals surface area contributed by atoms with Gasteiger partial charge in [0.25, 0.3) is 0 Å². The lowest BCUT2D eigenvalue weighted by atomic mass is 9.68. The molecule has 216 valence electrons. The molecule has 0 heterocycles. The van der Waals surface area contributed by atoms with E-state index in [1.807, 2.05) is 0 Å². The van der Waals surface area contributed by atoms with Crippen molar-refractivity contribution in [1.29, 1.82) is 0 Å². The summed E-state index contributed by atoms with van der Waals surface area (Å²) in [6.07, 6.45) is 39.5. The lowest BCUT2D eigenvalue weighted by Gasteiger charge is -2.36. The van der Waals surface area contributed by atoms with Crippen LogP contribution in [-0.2, 0) is 0 Å². The van der Waals surface area contributed by atoms with E-state index in [2.05, 4.69) is 160 Å². The second kappa shape index (κ2) is 15.8. The molecule has 40 heavy (non-hydrogen) atoms. The van der Waals surface area contributed by atoms with Gasteiger partial charge in [0.05, 0.1) is 0 Å². The first-order chi connectivity index (χ1) is 18.8. The van der Waals surface area contributed by atoms with Crippen molar-refractivity contribution in [2.24, 2.45) is 16.7 Å². The Morgan fingerprint density at radius 3 is 1.77 bits per heavy atom. The van der Waals surface area contributed by atoms with E-state index in [1.54, 1.807) is 5.57 Å². The van der Waals surface area contributed by atoms with Gasteiger partial charge in [-0.3, -0.25) is 0 Å². The Bertz CT molecular complexity index is 1200. The van der Waals surface area contributed by atoms with Crippen LogP contribution in [0.3, 0.4) is 0 Å². The quantitative estimate of drug-likeness (QED) is 0.192. The van der Waals surface area contributed by atoms with Gasteiger partial charge in [-0.25, -0.2) is 0 Å². The van der Waals surface area contributed by atoms with Gasteiger partial charge in [-0.05, 0) is 90.0 Å². The summed E-state index contributed by atoms with van der Waals surface area (Å²) in [4.78, 5) is 0. The molecule has 2 rings (SSSR count). The van der Waals surface area contributed by atoms with E-state index >= 15 is 0 Å². The molecule has 0 aromatic rings. The molecule has 0 heteroatoms.